The summed E-state index contributed by atoms with van der Waals surface area (Å²) in [6.45, 7) is 0. The van der Waals surface area contributed by atoms with Crippen molar-refractivity contribution in [2.45, 2.75) is 19.3 Å². The lowest BCUT2D eigenvalue weighted by Gasteiger charge is -2.07. The average molecular weight is 264 g/mol. The monoisotopic (exact) mass is 263 g/mol. The van der Waals surface area contributed by atoms with E-state index in [-0.39, 0.29) is 0 Å². The van der Waals surface area contributed by atoms with E-state index in [1.54, 1.807) is 6.07 Å². The molecule has 0 saturated carbocycles. The second-order valence-electron chi connectivity index (χ2n) is 4.37. The van der Waals surface area contributed by atoms with Crippen molar-refractivity contribution < 1.29 is 4.39 Å². The molecule has 1 aliphatic carbocycles. The Hall–Kier alpha value is -1.68. The van der Waals surface area contributed by atoms with Crippen LogP contribution in [0.2, 0.25) is 5.02 Å². The lowest BCUT2D eigenvalue weighted by molar-refractivity contribution is 0.628. The van der Waals surface area contributed by atoms with E-state index < -0.39 is 5.82 Å². The third kappa shape index (κ3) is 1.93. The number of halogens is 2. The van der Waals surface area contributed by atoms with E-state index in [0.29, 0.717) is 22.2 Å². The van der Waals surface area contributed by atoms with Crippen LogP contribution in [-0.2, 0) is 12.8 Å². The Balaban J connectivity index is 2.15. The van der Waals surface area contributed by atoms with Crippen molar-refractivity contribution in [3.8, 4) is 11.4 Å². The highest BCUT2D eigenvalue weighted by atomic mass is 35.5. The summed E-state index contributed by atoms with van der Waals surface area (Å²) in [7, 11) is 0. The van der Waals surface area contributed by atoms with Gasteiger partial charge in [-0.25, -0.2) is 14.4 Å². The maximum Gasteiger partial charge on any atom is 0.161 e. The molecule has 3 rings (SSSR count). The lowest BCUT2D eigenvalue weighted by atomic mass is 10.2. The smallest absolute Gasteiger partial charge is 0.161 e. The van der Waals surface area contributed by atoms with Gasteiger partial charge in [-0.1, -0.05) is 11.6 Å². The van der Waals surface area contributed by atoms with Crippen LogP contribution in [0, 0.1) is 5.82 Å². The maximum atomic E-state index is 13.3. The van der Waals surface area contributed by atoms with Gasteiger partial charge in [-0.2, -0.15) is 0 Å². The topological polar surface area (TPSA) is 51.8 Å². The van der Waals surface area contributed by atoms with E-state index in [1.165, 1.54) is 12.1 Å². The number of nitrogens with two attached hydrogens (primary N) is 1. The van der Waals surface area contributed by atoms with Gasteiger partial charge in [-0.05, 0) is 37.5 Å². The number of hydrogen-bond acceptors (Lipinski definition) is 3. The van der Waals surface area contributed by atoms with Gasteiger partial charge in [0, 0.05) is 21.8 Å². The van der Waals surface area contributed by atoms with Crippen LogP contribution in [-0.4, -0.2) is 9.97 Å². The van der Waals surface area contributed by atoms with Crippen molar-refractivity contribution in [2.24, 2.45) is 0 Å². The largest absolute Gasteiger partial charge is 0.383 e. The third-order valence-corrected chi connectivity index (χ3v) is 3.30. The molecule has 92 valence electrons. The molecule has 18 heavy (non-hydrogen) atoms. The van der Waals surface area contributed by atoms with Crippen molar-refractivity contribution in [2.75, 3.05) is 5.73 Å². The molecule has 0 unspecified atom stereocenters. The number of anilines is 1. The number of fused-ring (bicyclic) bond motifs is 1. The van der Waals surface area contributed by atoms with Crippen LogP contribution in [0.5, 0.6) is 0 Å². The number of benzene rings is 1. The fourth-order valence-electron chi connectivity index (χ4n) is 2.27. The van der Waals surface area contributed by atoms with Gasteiger partial charge >= 0.3 is 0 Å². The molecule has 0 radical (unpaired) electrons. The van der Waals surface area contributed by atoms with E-state index in [4.69, 9.17) is 17.3 Å². The van der Waals surface area contributed by atoms with E-state index in [1.807, 2.05) is 0 Å². The van der Waals surface area contributed by atoms with E-state index in [2.05, 4.69) is 9.97 Å². The standard InChI is InChI=1S/C13H11ClFN3/c14-8-4-7(5-9(15)6-8)13-17-11-3-1-2-10(11)12(16)18-13/h4-6H,1-3H2,(H2,16,17,18). The van der Waals surface area contributed by atoms with Gasteiger partial charge in [0.2, 0.25) is 0 Å². The molecule has 1 heterocycles. The summed E-state index contributed by atoms with van der Waals surface area (Å²) in [6, 6.07) is 4.25. The van der Waals surface area contributed by atoms with Gasteiger partial charge in [0.05, 0.1) is 0 Å². The van der Waals surface area contributed by atoms with Crippen LogP contribution in [0.3, 0.4) is 0 Å². The van der Waals surface area contributed by atoms with Crippen molar-refractivity contribution >= 4 is 17.4 Å². The molecule has 1 aromatic carbocycles. The van der Waals surface area contributed by atoms with E-state index in [0.717, 1.165) is 30.5 Å². The van der Waals surface area contributed by atoms with Crippen molar-refractivity contribution in [3.63, 3.8) is 0 Å². The van der Waals surface area contributed by atoms with Gasteiger partial charge < -0.3 is 5.73 Å². The first-order valence-electron chi connectivity index (χ1n) is 5.75. The van der Waals surface area contributed by atoms with E-state index in [9.17, 15) is 4.39 Å². The number of nitrogen functional groups attached to an aromatic ring is 1. The molecular formula is C13H11ClFN3. The number of hydrogen-bond donors (Lipinski definition) is 1. The summed E-state index contributed by atoms with van der Waals surface area (Å²) in [5, 5.41) is 0.327. The van der Waals surface area contributed by atoms with Crippen molar-refractivity contribution in [3.05, 3.63) is 40.3 Å². The zero-order valence-electron chi connectivity index (χ0n) is 9.58. The molecule has 2 N–H and O–H groups in total. The first kappa shape index (κ1) is 11.4. The first-order valence-corrected chi connectivity index (χ1v) is 6.13. The fraction of sp³-hybridized carbons (Fsp3) is 0.231. The molecule has 1 aromatic heterocycles. The Bertz CT molecular complexity index is 608. The number of aromatic nitrogens is 2. The van der Waals surface area contributed by atoms with Gasteiger partial charge in [0.25, 0.3) is 0 Å². The molecule has 1 aliphatic rings. The van der Waals surface area contributed by atoms with Crippen LogP contribution >= 0.6 is 11.6 Å². The summed E-state index contributed by atoms with van der Waals surface area (Å²) in [5.74, 6) is 0.530. The van der Waals surface area contributed by atoms with Crippen LogP contribution in [0.1, 0.15) is 17.7 Å². The predicted octanol–water partition coefficient (Wildman–Crippen LogP) is 3.01. The molecule has 0 atom stereocenters. The van der Waals surface area contributed by atoms with E-state index >= 15 is 0 Å². The number of aryl methyl sites for hydroxylation is 1. The second-order valence-corrected chi connectivity index (χ2v) is 4.81. The maximum absolute atomic E-state index is 13.3. The molecule has 0 bridgehead atoms. The predicted molar refractivity (Wildman–Crippen MR) is 68.9 cm³/mol. The zero-order valence-corrected chi connectivity index (χ0v) is 10.3. The molecular weight excluding hydrogens is 253 g/mol. The van der Waals surface area contributed by atoms with Crippen LogP contribution in [0.4, 0.5) is 10.2 Å². The summed E-state index contributed by atoms with van der Waals surface area (Å²) in [4.78, 5) is 8.69. The number of nitrogens with zero attached hydrogens (tertiary/aromatic N) is 2. The van der Waals surface area contributed by atoms with Crippen molar-refractivity contribution in [1.82, 2.24) is 9.97 Å². The molecule has 0 amide bonds. The first-order chi connectivity index (χ1) is 8.63. The Morgan fingerprint density at radius 1 is 1.17 bits per heavy atom. The zero-order chi connectivity index (χ0) is 12.7. The Kier molecular flexibility index (Phi) is 2.67. The van der Waals surface area contributed by atoms with Crippen LogP contribution in [0.15, 0.2) is 18.2 Å². The highest BCUT2D eigenvalue weighted by Gasteiger charge is 2.18. The Morgan fingerprint density at radius 3 is 2.78 bits per heavy atom. The normalized spacial score (nSPS) is 13.7. The van der Waals surface area contributed by atoms with Crippen LogP contribution < -0.4 is 5.73 Å². The van der Waals surface area contributed by atoms with Gasteiger partial charge in [-0.15, -0.1) is 0 Å². The van der Waals surface area contributed by atoms with Gasteiger partial charge in [0.1, 0.15) is 11.6 Å². The fourth-order valence-corrected chi connectivity index (χ4v) is 2.50. The molecule has 0 saturated heterocycles. The summed E-state index contributed by atoms with van der Waals surface area (Å²) in [5.41, 5.74) is 8.46. The lowest BCUT2D eigenvalue weighted by Crippen LogP contribution is -2.03. The summed E-state index contributed by atoms with van der Waals surface area (Å²) in [6.07, 6.45) is 2.87. The van der Waals surface area contributed by atoms with Gasteiger partial charge in [-0.3, -0.25) is 0 Å². The highest BCUT2D eigenvalue weighted by Crippen LogP contribution is 2.28. The highest BCUT2D eigenvalue weighted by molar-refractivity contribution is 6.30. The Labute approximate surface area is 109 Å². The summed E-state index contributed by atoms with van der Waals surface area (Å²) >= 11 is 5.83. The molecule has 0 aliphatic heterocycles. The minimum absolute atomic E-state index is 0.327. The molecule has 0 spiro atoms. The SMILES string of the molecule is Nc1nc(-c2cc(F)cc(Cl)c2)nc2c1CCC2. The third-order valence-electron chi connectivity index (χ3n) is 3.09. The molecule has 3 nitrogen and oxygen atoms in total. The Morgan fingerprint density at radius 2 is 2.00 bits per heavy atom. The average Bonchev–Trinajstić information content (AvgIpc) is 2.76. The van der Waals surface area contributed by atoms with Crippen LogP contribution in [0.25, 0.3) is 11.4 Å². The quantitative estimate of drug-likeness (QED) is 0.860. The molecule has 5 heteroatoms. The minimum Gasteiger partial charge on any atom is -0.383 e. The summed E-state index contributed by atoms with van der Waals surface area (Å²) < 4.78 is 13.3. The molecule has 0 fully saturated rings. The van der Waals surface area contributed by atoms with Gasteiger partial charge in [0.15, 0.2) is 5.82 Å². The minimum atomic E-state index is -0.403. The number of rotatable bonds is 1. The second kappa shape index (κ2) is 4.21. The van der Waals surface area contributed by atoms with Crippen molar-refractivity contribution in [1.29, 1.82) is 0 Å². The molecule has 2 aromatic rings.